The summed E-state index contributed by atoms with van der Waals surface area (Å²) in [5, 5.41) is 4.27. The van der Waals surface area contributed by atoms with Crippen molar-refractivity contribution in [3.05, 3.63) is 47.0 Å². The van der Waals surface area contributed by atoms with Crippen LogP contribution in [-0.2, 0) is 11.2 Å². The first-order valence-electron chi connectivity index (χ1n) is 10.3. The Balaban J connectivity index is 1.53. The number of nitrogens with zero attached hydrogens (tertiary/aromatic N) is 5. The van der Waals surface area contributed by atoms with Crippen molar-refractivity contribution in [3.63, 3.8) is 0 Å². The molecule has 0 saturated carbocycles. The summed E-state index contributed by atoms with van der Waals surface area (Å²) in [5.41, 5.74) is 2.99. The highest BCUT2D eigenvalue weighted by atomic mass is 32.1. The highest BCUT2D eigenvalue weighted by molar-refractivity contribution is 7.15. The number of piperazine rings is 1. The van der Waals surface area contributed by atoms with Crippen molar-refractivity contribution in [2.75, 3.05) is 36.4 Å². The first-order valence-corrected chi connectivity index (χ1v) is 11.1. The van der Waals surface area contributed by atoms with E-state index >= 15 is 0 Å². The molecule has 31 heavy (non-hydrogen) atoms. The number of carbonyl (C=O) groups excluding carboxylic acids is 1. The van der Waals surface area contributed by atoms with Gasteiger partial charge in [0.2, 0.25) is 11.9 Å². The Morgan fingerprint density at radius 3 is 2.65 bits per heavy atom. The number of amides is 1. The molecule has 0 radical (unpaired) electrons. The van der Waals surface area contributed by atoms with Gasteiger partial charge in [0.15, 0.2) is 0 Å². The van der Waals surface area contributed by atoms with E-state index in [0.717, 1.165) is 27.7 Å². The first-order chi connectivity index (χ1) is 14.9. The zero-order chi connectivity index (χ0) is 22.0. The SMILES string of the molecule is CCc1nc(C)c(-c2ccnc(Nc3ccc(F)c(N4CCN(C(C)=O)CC4)c3)n2)s1. The molecule has 1 N–H and O–H groups in total. The Labute approximate surface area is 185 Å². The van der Waals surface area contributed by atoms with Gasteiger partial charge in [0.05, 0.1) is 27.0 Å². The smallest absolute Gasteiger partial charge is 0.227 e. The molecule has 9 heteroatoms. The van der Waals surface area contributed by atoms with E-state index in [1.807, 2.05) is 17.9 Å². The average molecular weight is 441 g/mol. The van der Waals surface area contributed by atoms with Crippen molar-refractivity contribution in [3.8, 4) is 10.6 Å². The van der Waals surface area contributed by atoms with Crippen LogP contribution in [0.15, 0.2) is 30.5 Å². The fraction of sp³-hybridized carbons (Fsp3) is 0.364. The minimum atomic E-state index is -0.288. The highest BCUT2D eigenvalue weighted by Crippen LogP contribution is 2.30. The molecular weight excluding hydrogens is 415 g/mol. The Kier molecular flexibility index (Phi) is 6.13. The maximum absolute atomic E-state index is 14.5. The average Bonchev–Trinajstić information content (AvgIpc) is 3.16. The van der Waals surface area contributed by atoms with Gasteiger partial charge < -0.3 is 15.1 Å². The van der Waals surface area contributed by atoms with Gasteiger partial charge >= 0.3 is 0 Å². The van der Waals surface area contributed by atoms with E-state index in [1.54, 1.807) is 41.5 Å². The third kappa shape index (κ3) is 4.66. The minimum Gasteiger partial charge on any atom is -0.366 e. The first kappa shape index (κ1) is 21.2. The van der Waals surface area contributed by atoms with Crippen LogP contribution in [0.2, 0.25) is 0 Å². The lowest BCUT2D eigenvalue weighted by atomic mass is 10.2. The van der Waals surface area contributed by atoms with Crippen LogP contribution in [0.1, 0.15) is 24.5 Å². The van der Waals surface area contributed by atoms with E-state index < -0.39 is 0 Å². The Morgan fingerprint density at radius 1 is 1.19 bits per heavy atom. The van der Waals surface area contributed by atoms with Gasteiger partial charge in [0.25, 0.3) is 0 Å². The van der Waals surface area contributed by atoms with Crippen molar-refractivity contribution < 1.29 is 9.18 Å². The monoisotopic (exact) mass is 440 g/mol. The molecule has 1 fully saturated rings. The van der Waals surface area contributed by atoms with Crippen molar-refractivity contribution >= 4 is 34.6 Å². The van der Waals surface area contributed by atoms with Crippen molar-refractivity contribution in [1.82, 2.24) is 19.9 Å². The molecule has 1 aromatic carbocycles. The van der Waals surface area contributed by atoms with E-state index in [-0.39, 0.29) is 11.7 Å². The van der Waals surface area contributed by atoms with Gasteiger partial charge in [-0.15, -0.1) is 11.3 Å². The maximum Gasteiger partial charge on any atom is 0.227 e. The van der Waals surface area contributed by atoms with Crippen molar-refractivity contribution in [2.24, 2.45) is 0 Å². The lowest BCUT2D eigenvalue weighted by molar-refractivity contribution is -0.129. The zero-order valence-electron chi connectivity index (χ0n) is 17.9. The predicted molar refractivity (Wildman–Crippen MR) is 121 cm³/mol. The van der Waals surface area contributed by atoms with E-state index in [9.17, 15) is 9.18 Å². The molecule has 1 aliphatic heterocycles. The molecule has 162 valence electrons. The Bertz CT molecular complexity index is 1090. The molecule has 3 aromatic rings. The molecule has 4 rings (SSSR count). The Hall–Kier alpha value is -3.07. The molecule has 0 spiro atoms. The van der Waals surface area contributed by atoms with Gasteiger partial charge in [-0.25, -0.2) is 19.3 Å². The fourth-order valence-electron chi connectivity index (χ4n) is 3.61. The molecular formula is C22H25FN6OS. The number of aryl methyl sites for hydroxylation is 2. The van der Waals surface area contributed by atoms with E-state index in [4.69, 9.17) is 0 Å². The second-order valence-electron chi connectivity index (χ2n) is 7.43. The van der Waals surface area contributed by atoms with Crippen LogP contribution in [-0.4, -0.2) is 51.9 Å². The number of benzene rings is 1. The van der Waals surface area contributed by atoms with Gasteiger partial charge in [-0.05, 0) is 37.6 Å². The van der Waals surface area contributed by atoms with Crippen LogP contribution in [0.3, 0.4) is 0 Å². The molecule has 0 bridgehead atoms. The molecule has 1 aliphatic rings. The van der Waals surface area contributed by atoms with Gasteiger partial charge in [-0.3, -0.25) is 4.79 Å². The largest absolute Gasteiger partial charge is 0.366 e. The third-order valence-corrected chi connectivity index (χ3v) is 6.62. The maximum atomic E-state index is 14.5. The summed E-state index contributed by atoms with van der Waals surface area (Å²) < 4.78 is 14.5. The van der Waals surface area contributed by atoms with Gasteiger partial charge in [0.1, 0.15) is 5.82 Å². The summed E-state index contributed by atoms with van der Waals surface area (Å²) in [6.45, 7) is 7.99. The number of anilines is 3. The van der Waals surface area contributed by atoms with E-state index in [0.29, 0.717) is 43.5 Å². The third-order valence-electron chi connectivity index (χ3n) is 5.30. The van der Waals surface area contributed by atoms with Crippen LogP contribution in [0.4, 0.5) is 21.7 Å². The fourth-order valence-corrected chi connectivity index (χ4v) is 4.58. The molecule has 3 heterocycles. The molecule has 7 nitrogen and oxygen atoms in total. The number of carbonyl (C=O) groups is 1. The van der Waals surface area contributed by atoms with Crippen LogP contribution in [0, 0.1) is 12.7 Å². The lowest BCUT2D eigenvalue weighted by Crippen LogP contribution is -2.48. The van der Waals surface area contributed by atoms with E-state index in [1.165, 1.54) is 6.07 Å². The molecule has 0 atom stereocenters. The number of hydrogen-bond acceptors (Lipinski definition) is 7. The number of thiazole rings is 1. The normalized spacial score (nSPS) is 14.1. The predicted octanol–water partition coefficient (Wildman–Crippen LogP) is 4.02. The second kappa shape index (κ2) is 8.97. The lowest BCUT2D eigenvalue weighted by Gasteiger charge is -2.35. The summed E-state index contributed by atoms with van der Waals surface area (Å²) in [4.78, 5) is 29.8. The molecule has 0 aliphatic carbocycles. The second-order valence-corrected chi connectivity index (χ2v) is 8.51. The summed E-state index contributed by atoms with van der Waals surface area (Å²) in [6, 6.07) is 6.76. The quantitative estimate of drug-likeness (QED) is 0.646. The number of aromatic nitrogens is 3. The standard InChI is InChI=1S/C22H25FN6OS/c1-4-20-25-14(2)21(31-20)18-7-8-24-22(27-18)26-16-5-6-17(23)19(13-16)29-11-9-28(10-12-29)15(3)30/h5-8,13H,4,9-12H2,1-3H3,(H,24,26,27). The number of nitrogens with one attached hydrogen (secondary N) is 1. The van der Waals surface area contributed by atoms with Gasteiger partial charge in [-0.2, -0.15) is 0 Å². The van der Waals surface area contributed by atoms with Crippen LogP contribution in [0.25, 0.3) is 10.6 Å². The molecule has 1 amide bonds. The van der Waals surface area contributed by atoms with Crippen molar-refractivity contribution in [2.45, 2.75) is 27.2 Å². The molecule has 0 unspecified atom stereocenters. The van der Waals surface area contributed by atoms with Crippen LogP contribution >= 0.6 is 11.3 Å². The van der Waals surface area contributed by atoms with Crippen LogP contribution in [0.5, 0.6) is 0 Å². The highest BCUT2D eigenvalue weighted by Gasteiger charge is 2.21. The summed E-state index contributed by atoms with van der Waals surface area (Å²) in [6.07, 6.45) is 2.60. The number of hydrogen-bond donors (Lipinski definition) is 1. The number of rotatable bonds is 5. The summed E-state index contributed by atoms with van der Waals surface area (Å²) in [5.74, 6) is 0.209. The number of halogens is 1. The topological polar surface area (TPSA) is 74.2 Å². The van der Waals surface area contributed by atoms with Gasteiger partial charge in [0, 0.05) is 45.0 Å². The minimum absolute atomic E-state index is 0.0507. The van der Waals surface area contributed by atoms with Gasteiger partial charge in [-0.1, -0.05) is 6.92 Å². The Morgan fingerprint density at radius 2 is 1.97 bits per heavy atom. The molecule has 2 aromatic heterocycles. The van der Waals surface area contributed by atoms with Crippen LogP contribution < -0.4 is 10.2 Å². The zero-order valence-corrected chi connectivity index (χ0v) is 18.7. The van der Waals surface area contributed by atoms with E-state index in [2.05, 4.69) is 27.2 Å². The molecule has 1 saturated heterocycles. The summed E-state index contributed by atoms with van der Waals surface area (Å²) >= 11 is 1.64. The van der Waals surface area contributed by atoms with Crippen molar-refractivity contribution in [1.29, 1.82) is 0 Å². The summed E-state index contributed by atoms with van der Waals surface area (Å²) in [7, 11) is 0.